The summed E-state index contributed by atoms with van der Waals surface area (Å²) in [6.45, 7) is 5.60. The normalized spacial score (nSPS) is 13.4. The van der Waals surface area contributed by atoms with Crippen molar-refractivity contribution in [2.45, 2.75) is 52.6 Å². The molecule has 0 unspecified atom stereocenters. The van der Waals surface area contributed by atoms with Crippen LogP contribution in [0.3, 0.4) is 0 Å². The number of aryl methyl sites for hydroxylation is 2. The van der Waals surface area contributed by atoms with Crippen LogP contribution in [0.1, 0.15) is 46.6 Å². The van der Waals surface area contributed by atoms with E-state index < -0.39 is 0 Å². The third kappa shape index (κ3) is 4.27. The smallest absolute Gasteiger partial charge is 0.257 e. The first-order valence-corrected chi connectivity index (χ1v) is 9.90. The summed E-state index contributed by atoms with van der Waals surface area (Å²) in [5, 5.41) is 0. The quantitative estimate of drug-likeness (QED) is 0.449. The summed E-state index contributed by atoms with van der Waals surface area (Å²) in [4.78, 5) is 12.9. The number of hydrogen-bond acceptors (Lipinski definition) is 1. The fourth-order valence-electron chi connectivity index (χ4n) is 3.92. The van der Waals surface area contributed by atoms with Gasteiger partial charge in [-0.25, -0.2) is 9.13 Å². The molecule has 28 heavy (non-hydrogen) atoms. The van der Waals surface area contributed by atoms with Gasteiger partial charge in [0.15, 0.2) is 12.2 Å². The van der Waals surface area contributed by atoms with Crippen LogP contribution in [0.15, 0.2) is 54.7 Å². The number of nitrogens with zero attached hydrogens (tertiary/aromatic N) is 2. The molecule has 3 nitrogen and oxygen atoms in total. The van der Waals surface area contributed by atoms with Gasteiger partial charge < -0.3 is 17.0 Å². The maximum Gasteiger partial charge on any atom is 0.257 e. The lowest BCUT2D eigenvalue weighted by Crippen LogP contribution is -3.00. The van der Waals surface area contributed by atoms with Crippen molar-refractivity contribution in [3.8, 4) is 11.3 Å². The van der Waals surface area contributed by atoms with Crippen LogP contribution in [0.2, 0.25) is 0 Å². The summed E-state index contributed by atoms with van der Waals surface area (Å²) in [5.74, 6) is 1.46. The number of aromatic nitrogens is 2. The van der Waals surface area contributed by atoms with E-state index in [0.717, 1.165) is 18.5 Å². The van der Waals surface area contributed by atoms with E-state index in [0.29, 0.717) is 6.54 Å². The Hall–Kier alpha value is -2.20. The molecule has 0 atom stereocenters. The molecule has 0 radical (unpaired) electrons. The zero-order valence-electron chi connectivity index (χ0n) is 16.6. The van der Waals surface area contributed by atoms with Gasteiger partial charge in [0.2, 0.25) is 5.78 Å². The van der Waals surface area contributed by atoms with Crippen LogP contribution >= 0.6 is 0 Å². The van der Waals surface area contributed by atoms with Gasteiger partial charge in [-0.1, -0.05) is 59.7 Å². The van der Waals surface area contributed by atoms with Crippen molar-refractivity contribution in [3.63, 3.8) is 0 Å². The van der Waals surface area contributed by atoms with Gasteiger partial charge in [-0.3, -0.25) is 4.79 Å². The Morgan fingerprint density at radius 3 is 2.25 bits per heavy atom. The van der Waals surface area contributed by atoms with Crippen molar-refractivity contribution in [3.05, 3.63) is 77.2 Å². The zero-order chi connectivity index (χ0) is 18.8. The molecule has 1 aliphatic heterocycles. The summed E-state index contributed by atoms with van der Waals surface area (Å²) < 4.78 is 4.61. The highest BCUT2D eigenvalue weighted by Crippen LogP contribution is 2.24. The minimum absolute atomic E-state index is 0. The minimum atomic E-state index is 0. The second kappa shape index (κ2) is 8.87. The standard InChI is InChI=1S/C24H27N2O.BrH/c1-18-7-11-20(12-8-18)22-16-25(24-6-4-3-5-15-26(22)24)17-23(27)21-13-9-19(2)10-14-21;/h7-14,16H,3-6,15,17H2,1-2H3;1H/q+1;/p-1. The van der Waals surface area contributed by atoms with E-state index in [1.807, 2.05) is 31.2 Å². The van der Waals surface area contributed by atoms with Crippen molar-refractivity contribution in [1.82, 2.24) is 4.57 Å². The van der Waals surface area contributed by atoms with Gasteiger partial charge in [0.05, 0.1) is 6.54 Å². The maximum absolute atomic E-state index is 12.9. The molecule has 0 aliphatic carbocycles. The van der Waals surface area contributed by atoms with Gasteiger partial charge >= 0.3 is 0 Å². The van der Waals surface area contributed by atoms with Crippen LogP contribution in [0.25, 0.3) is 11.3 Å². The van der Waals surface area contributed by atoms with E-state index in [2.05, 4.69) is 46.5 Å². The van der Waals surface area contributed by atoms with Gasteiger partial charge in [0, 0.05) is 17.5 Å². The van der Waals surface area contributed by atoms with Gasteiger partial charge in [-0.15, -0.1) is 0 Å². The van der Waals surface area contributed by atoms with E-state index in [4.69, 9.17) is 0 Å². The Kier molecular flexibility index (Phi) is 6.50. The number of rotatable bonds is 4. The Morgan fingerprint density at radius 1 is 0.929 bits per heavy atom. The lowest BCUT2D eigenvalue weighted by atomic mass is 10.1. The van der Waals surface area contributed by atoms with Crippen molar-refractivity contribution >= 4 is 5.78 Å². The molecule has 2 aromatic carbocycles. The molecule has 0 amide bonds. The van der Waals surface area contributed by atoms with Crippen LogP contribution < -0.4 is 21.5 Å². The van der Waals surface area contributed by atoms with E-state index >= 15 is 0 Å². The van der Waals surface area contributed by atoms with Crippen molar-refractivity contribution < 1.29 is 26.3 Å². The third-order valence-electron chi connectivity index (χ3n) is 5.53. The Labute approximate surface area is 177 Å². The molecule has 4 rings (SSSR count). The molecule has 0 N–H and O–H groups in total. The summed E-state index contributed by atoms with van der Waals surface area (Å²) in [7, 11) is 0. The number of halogens is 1. The third-order valence-corrected chi connectivity index (χ3v) is 5.53. The van der Waals surface area contributed by atoms with E-state index in [9.17, 15) is 4.79 Å². The topological polar surface area (TPSA) is 25.9 Å². The first kappa shape index (κ1) is 20.5. The lowest BCUT2D eigenvalue weighted by Gasteiger charge is -2.03. The highest BCUT2D eigenvalue weighted by Gasteiger charge is 2.27. The molecule has 4 heteroatoms. The molecule has 0 spiro atoms. The Morgan fingerprint density at radius 2 is 1.57 bits per heavy atom. The van der Waals surface area contributed by atoms with Crippen LogP contribution in [-0.2, 0) is 19.5 Å². The molecule has 2 heterocycles. The highest BCUT2D eigenvalue weighted by molar-refractivity contribution is 5.95. The SMILES string of the molecule is Cc1ccc(C(=O)C[n+]2cc(-c3ccc(C)cc3)n3c2CCCCC3)cc1.[Br-]. The Bertz CT molecular complexity index is 956. The summed E-state index contributed by atoms with van der Waals surface area (Å²) in [5.41, 5.74) is 5.69. The lowest BCUT2D eigenvalue weighted by molar-refractivity contribution is -0.690. The summed E-state index contributed by atoms with van der Waals surface area (Å²) in [6, 6.07) is 16.6. The monoisotopic (exact) mass is 438 g/mol. The number of fused-ring (bicyclic) bond motifs is 1. The molecule has 1 aliphatic rings. The molecule has 0 fully saturated rings. The van der Waals surface area contributed by atoms with Crippen molar-refractivity contribution in [2.24, 2.45) is 0 Å². The largest absolute Gasteiger partial charge is 1.00 e. The van der Waals surface area contributed by atoms with E-state index in [1.165, 1.54) is 47.5 Å². The number of ketones is 1. The predicted octanol–water partition coefficient (Wildman–Crippen LogP) is 1.67. The summed E-state index contributed by atoms with van der Waals surface area (Å²) >= 11 is 0. The second-order valence-electron chi connectivity index (χ2n) is 7.68. The molecular weight excluding hydrogens is 412 g/mol. The highest BCUT2D eigenvalue weighted by atomic mass is 79.9. The van der Waals surface area contributed by atoms with Crippen LogP contribution in [-0.4, -0.2) is 10.4 Å². The molecule has 3 aromatic rings. The number of benzene rings is 2. The average molecular weight is 439 g/mol. The average Bonchev–Trinajstić information content (AvgIpc) is 2.84. The van der Waals surface area contributed by atoms with Crippen LogP contribution in [0, 0.1) is 13.8 Å². The summed E-state index contributed by atoms with van der Waals surface area (Å²) in [6.07, 6.45) is 6.86. The van der Waals surface area contributed by atoms with E-state index in [-0.39, 0.29) is 22.8 Å². The fourth-order valence-corrected chi connectivity index (χ4v) is 3.92. The molecular formula is C24H27BrN2O. The van der Waals surface area contributed by atoms with Crippen LogP contribution in [0.4, 0.5) is 0 Å². The zero-order valence-corrected chi connectivity index (χ0v) is 18.2. The number of carbonyl (C=O) groups excluding carboxylic acids is 1. The molecule has 0 saturated carbocycles. The van der Waals surface area contributed by atoms with Crippen LogP contribution in [0.5, 0.6) is 0 Å². The van der Waals surface area contributed by atoms with Gasteiger partial charge in [0.1, 0.15) is 6.20 Å². The first-order valence-electron chi connectivity index (χ1n) is 9.90. The number of carbonyl (C=O) groups is 1. The number of hydrogen-bond donors (Lipinski definition) is 0. The molecule has 0 bridgehead atoms. The minimum Gasteiger partial charge on any atom is -1.00 e. The maximum atomic E-state index is 12.9. The first-order chi connectivity index (χ1) is 13.1. The van der Waals surface area contributed by atoms with Crippen molar-refractivity contribution in [1.29, 1.82) is 0 Å². The van der Waals surface area contributed by atoms with Gasteiger partial charge in [0.25, 0.3) is 5.82 Å². The second-order valence-corrected chi connectivity index (χ2v) is 7.68. The predicted molar refractivity (Wildman–Crippen MR) is 108 cm³/mol. The number of Topliss-reactive ketones (excluding diaryl/α,β-unsaturated/α-hetero) is 1. The van der Waals surface area contributed by atoms with Gasteiger partial charge in [-0.2, -0.15) is 0 Å². The molecule has 0 saturated heterocycles. The molecule has 146 valence electrons. The molecule has 1 aromatic heterocycles. The van der Waals surface area contributed by atoms with Crippen molar-refractivity contribution in [2.75, 3.05) is 0 Å². The number of imidazole rings is 1. The fraction of sp³-hybridized carbons (Fsp3) is 0.333. The Balaban J connectivity index is 0.00000225. The van der Waals surface area contributed by atoms with E-state index in [1.54, 1.807) is 0 Å². The van der Waals surface area contributed by atoms with Gasteiger partial charge in [-0.05, 0) is 33.1 Å².